The van der Waals surface area contributed by atoms with Gasteiger partial charge in [-0.15, -0.1) is 0 Å². The summed E-state index contributed by atoms with van der Waals surface area (Å²) < 4.78 is 10.6. The van der Waals surface area contributed by atoms with Gasteiger partial charge in [-0.05, 0) is 19.1 Å². The SMILES string of the molecule is CCOC(=O)c1c(C(=O)N2CCOCC2)[nH]c(-c2ccc(Cl)cc2)c1N(C)C. The Hall–Kier alpha value is -2.51. The number of hydrogen-bond donors (Lipinski definition) is 1. The number of anilines is 1. The molecule has 1 aliphatic heterocycles. The molecule has 1 aromatic carbocycles. The lowest BCUT2D eigenvalue weighted by molar-refractivity contribution is 0.0295. The van der Waals surface area contributed by atoms with Crippen molar-refractivity contribution in [3.63, 3.8) is 0 Å². The van der Waals surface area contributed by atoms with E-state index in [1.165, 1.54) is 0 Å². The lowest BCUT2D eigenvalue weighted by atomic mass is 10.1. The Labute approximate surface area is 169 Å². The van der Waals surface area contributed by atoms with Crippen LogP contribution in [0.4, 0.5) is 5.69 Å². The third-order valence-electron chi connectivity index (χ3n) is 4.55. The first-order chi connectivity index (χ1) is 13.4. The molecule has 1 saturated heterocycles. The minimum absolute atomic E-state index is 0.221. The second-order valence-corrected chi connectivity index (χ2v) is 7.06. The number of aromatic nitrogens is 1. The summed E-state index contributed by atoms with van der Waals surface area (Å²) in [5, 5.41) is 0.608. The van der Waals surface area contributed by atoms with Gasteiger partial charge in [0.2, 0.25) is 0 Å². The second kappa shape index (κ2) is 8.67. The van der Waals surface area contributed by atoms with Crippen molar-refractivity contribution in [1.82, 2.24) is 9.88 Å². The number of nitrogens with zero attached hydrogens (tertiary/aromatic N) is 2. The molecule has 2 heterocycles. The first kappa shape index (κ1) is 20.2. The van der Waals surface area contributed by atoms with Crippen molar-refractivity contribution in [3.8, 4) is 11.3 Å². The molecule has 1 amide bonds. The van der Waals surface area contributed by atoms with Crippen molar-refractivity contribution in [2.75, 3.05) is 51.9 Å². The van der Waals surface area contributed by atoms with Crippen LogP contribution in [0.2, 0.25) is 5.02 Å². The largest absolute Gasteiger partial charge is 0.462 e. The highest BCUT2D eigenvalue weighted by Crippen LogP contribution is 2.36. The van der Waals surface area contributed by atoms with E-state index in [1.807, 2.05) is 31.1 Å². The molecule has 1 fully saturated rings. The van der Waals surface area contributed by atoms with Crippen LogP contribution >= 0.6 is 11.6 Å². The van der Waals surface area contributed by atoms with E-state index in [2.05, 4.69) is 4.98 Å². The van der Waals surface area contributed by atoms with E-state index in [0.29, 0.717) is 42.7 Å². The molecule has 0 aliphatic carbocycles. The minimum Gasteiger partial charge on any atom is -0.462 e. The Kier molecular flexibility index (Phi) is 6.26. The smallest absolute Gasteiger partial charge is 0.342 e. The molecular weight excluding hydrogens is 382 g/mol. The van der Waals surface area contributed by atoms with Crippen LogP contribution in [0.1, 0.15) is 27.8 Å². The van der Waals surface area contributed by atoms with Crippen LogP contribution in [0, 0.1) is 0 Å². The number of rotatable bonds is 5. The molecular formula is C20H24ClN3O4. The van der Waals surface area contributed by atoms with Crippen molar-refractivity contribution < 1.29 is 19.1 Å². The highest BCUT2D eigenvalue weighted by Gasteiger charge is 2.32. The summed E-state index contributed by atoms with van der Waals surface area (Å²) in [6.07, 6.45) is 0. The Morgan fingerprint density at radius 3 is 2.43 bits per heavy atom. The Bertz CT molecular complexity index is 855. The number of carbonyl (C=O) groups excluding carboxylic acids is 2. The Balaban J connectivity index is 2.16. The number of benzene rings is 1. The fraction of sp³-hybridized carbons (Fsp3) is 0.400. The average Bonchev–Trinajstić information content (AvgIpc) is 3.10. The van der Waals surface area contributed by atoms with Crippen molar-refractivity contribution in [2.24, 2.45) is 0 Å². The molecule has 2 aromatic rings. The quantitative estimate of drug-likeness (QED) is 0.774. The molecule has 0 atom stereocenters. The van der Waals surface area contributed by atoms with Crippen LogP contribution in [0.5, 0.6) is 0 Å². The molecule has 1 aromatic heterocycles. The van der Waals surface area contributed by atoms with Crippen molar-refractivity contribution in [2.45, 2.75) is 6.92 Å². The third kappa shape index (κ3) is 4.00. The lowest BCUT2D eigenvalue weighted by Gasteiger charge is -2.26. The molecule has 150 valence electrons. The molecule has 3 rings (SSSR count). The lowest BCUT2D eigenvalue weighted by Crippen LogP contribution is -2.41. The normalized spacial score (nSPS) is 14.1. The average molecular weight is 406 g/mol. The topological polar surface area (TPSA) is 74.9 Å². The molecule has 0 bridgehead atoms. The van der Waals surface area contributed by atoms with Crippen LogP contribution in [-0.2, 0) is 9.47 Å². The van der Waals surface area contributed by atoms with Crippen molar-refractivity contribution >= 4 is 29.2 Å². The summed E-state index contributed by atoms with van der Waals surface area (Å²) in [6.45, 7) is 3.88. The van der Waals surface area contributed by atoms with E-state index >= 15 is 0 Å². The first-order valence-electron chi connectivity index (χ1n) is 9.17. The van der Waals surface area contributed by atoms with E-state index in [9.17, 15) is 9.59 Å². The van der Waals surface area contributed by atoms with Gasteiger partial charge in [0.15, 0.2) is 0 Å². The van der Waals surface area contributed by atoms with Gasteiger partial charge in [-0.1, -0.05) is 23.7 Å². The predicted octanol–water partition coefficient (Wildman–Crippen LogP) is 3.05. The standard InChI is InChI=1S/C20H24ClN3O4/c1-4-28-20(26)15-17(19(25)24-9-11-27-12-10-24)22-16(18(15)23(2)3)13-5-7-14(21)8-6-13/h5-8,22H,4,9-12H2,1-3H3. The fourth-order valence-corrected chi connectivity index (χ4v) is 3.38. The van der Waals surface area contributed by atoms with Crippen LogP contribution in [0.25, 0.3) is 11.3 Å². The summed E-state index contributed by atoms with van der Waals surface area (Å²) in [5.74, 6) is -0.770. The predicted molar refractivity (Wildman–Crippen MR) is 108 cm³/mol. The van der Waals surface area contributed by atoms with Gasteiger partial charge in [-0.25, -0.2) is 4.79 Å². The summed E-state index contributed by atoms with van der Waals surface area (Å²) in [7, 11) is 3.66. The minimum atomic E-state index is -0.528. The van der Waals surface area contributed by atoms with Crippen molar-refractivity contribution in [1.29, 1.82) is 0 Å². The number of nitrogens with one attached hydrogen (secondary N) is 1. The van der Waals surface area contributed by atoms with E-state index in [4.69, 9.17) is 21.1 Å². The maximum atomic E-state index is 13.2. The van der Waals surface area contributed by atoms with Gasteiger partial charge < -0.3 is 24.3 Å². The van der Waals surface area contributed by atoms with Gasteiger partial charge in [0.1, 0.15) is 11.3 Å². The number of H-pyrrole nitrogens is 1. The zero-order chi connectivity index (χ0) is 20.3. The van der Waals surface area contributed by atoms with Crippen LogP contribution in [0.15, 0.2) is 24.3 Å². The summed E-state index contributed by atoms with van der Waals surface area (Å²) in [5.41, 5.74) is 2.57. The molecule has 1 N–H and O–H groups in total. The molecule has 7 nitrogen and oxygen atoms in total. The third-order valence-corrected chi connectivity index (χ3v) is 4.80. The zero-order valence-electron chi connectivity index (χ0n) is 16.3. The number of ether oxygens (including phenoxy) is 2. The Morgan fingerprint density at radius 2 is 1.86 bits per heavy atom. The maximum Gasteiger partial charge on any atom is 0.342 e. The number of aromatic amines is 1. The molecule has 1 aliphatic rings. The molecule has 28 heavy (non-hydrogen) atoms. The van der Waals surface area contributed by atoms with E-state index < -0.39 is 5.97 Å². The van der Waals surface area contributed by atoms with Gasteiger partial charge in [-0.3, -0.25) is 4.79 Å². The number of esters is 1. The number of halogens is 1. The molecule has 0 radical (unpaired) electrons. The van der Waals surface area contributed by atoms with Gasteiger partial charge in [0, 0.05) is 37.8 Å². The fourth-order valence-electron chi connectivity index (χ4n) is 3.25. The Morgan fingerprint density at radius 1 is 1.21 bits per heavy atom. The van der Waals surface area contributed by atoms with Crippen LogP contribution < -0.4 is 4.90 Å². The van der Waals surface area contributed by atoms with Crippen LogP contribution in [0.3, 0.4) is 0 Å². The monoisotopic (exact) mass is 405 g/mol. The van der Waals surface area contributed by atoms with Gasteiger partial charge >= 0.3 is 5.97 Å². The van der Waals surface area contributed by atoms with Crippen LogP contribution in [-0.4, -0.2) is 68.8 Å². The van der Waals surface area contributed by atoms with E-state index in [-0.39, 0.29) is 23.8 Å². The highest BCUT2D eigenvalue weighted by molar-refractivity contribution is 6.30. The first-order valence-corrected chi connectivity index (χ1v) is 9.55. The molecule has 0 spiro atoms. The maximum absolute atomic E-state index is 13.2. The second-order valence-electron chi connectivity index (χ2n) is 6.62. The van der Waals surface area contributed by atoms with E-state index in [1.54, 1.807) is 24.0 Å². The number of carbonyl (C=O) groups is 2. The summed E-state index contributed by atoms with van der Waals surface area (Å²) in [6, 6.07) is 7.23. The molecule has 0 unspecified atom stereocenters. The number of amides is 1. The molecule has 8 heteroatoms. The van der Waals surface area contributed by atoms with Gasteiger partial charge in [-0.2, -0.15) is 0 Å². The summed E-state index contributed by atoms with van der Waals surface area (Å²) in [4.78, 5) is 32.7. The number of morpholine rings is 1. The summed E-state index contributed by atoms with van der Waals surface area (Å²) >= 11 is 6.01. The van der Waals surface area contributed by atoms with Crippen molar-refractivity contribution in [3.05, 3.63) is 40.5 Å². The molecule has 0 saturated carbocycles. The number of hydrogen-bond acceptors (Lipinski definition) is 5. The zero-order valence-corrected chi connectivity index (χ0v) is 17.0. The van der Waals surface area contributed by atoms with Gasteiger partial charge in [0.25, 0.3) is 5.91 Å². The van der Waals surface area contributed by atoms with Gasteiger partial charge in [0.05, 0.1) is 31.2 Å². The van der Waals surface area contributed by atoms with E-state index in [0.717, 1.165) is 5.56 Å². The highest BCUT2D eigenvalue weighted by atomic mass is 35.5.